The fourth-order valence-corrected chi connectivity index (χ4v) is 2.87. The fraction of sp³-hybridized carbons (Fsp3) is 0.111. The largest absolute Gasteiger partial charge is 0.497 e. The molecule has 0 fully saturated rings. The smallest absolute Gasteiger partial charge is 0.161 e. The average Bonchev–Trinajstić information content (AvgIpc) is 2.85. The van der Waals surface area contributed by atoms with Crippen LogP contribution in [0.3, 0.4) is 0 Å². The summed E-state index contributed by atoms with van der Waals surface area (Å²) in [5, 5.41) is 0. The highest BCUT2D eigenvalue weighted by Crippen LogP contribution is 2.24. The van der Waals surface area contributed by atoms with Crippen LogP contribution in [-0.2, 0) is 0 Å². The Morgan fingerprint density at radius 1 is 0.500 bits per heavy atom. The van der Waals surface area contributed by atoms with Crippen molar-refractivity contribution >= 4 is 8.38 Å². The van der Waals surface area contributed by atoms with Crippen LogP contribution < -0.4 is 9.47 Å². The van der Waals surface area contributed by atoms with E-state index >= 15 is 0 Å². The van der Waals surface area contributed by atoms with Crippen molar-refractivity contribution in [3.63, 3.8) is 0 Å². The van der Waals surface area contributed by atoms with Gasteiger partial charge in [-0.15, -0.1) is 0 Å². The zero-order valence-corrected chi connectivity index (χ0v) is 19.4. The summed E-state index contributed by atoms with van der Waals surface area (Å²) in [6.45, 7) is 1.34. The summed E-state index contributed by atoms with van der Waals surface area (Å²) in [4.78, 5) is 15.4. The highest BCUT2D eigenvalue weighted by atomic mass is 31.2. The van der Waals surface area contributed by atoms with Gasteiger partial charge in [-0.2, -0.15) is 0 Å². The van der Waals surface area contributed by atoms with E-state index in [1.165, 1.54) is 28.9 Å². The number of hydrogen-bond acceptors (Lipinski definition) is 4. The van der Waals surface area contributed by atoms with Crippen molar-refractivity contribution in [3.8, 4) is 33.8 Å². The van der Waals surface area contributed by atoms with E-state index < -0.39 is 8.38 Å². The highest BCUT2D eigenvalue weighted by Gasteiger charge is 1.98. The molecule has 0 amide bonds. The standard InChI is InChI=1S/2C13H12O.CH5O2P/c2*1-14-13-9-5-8-12(10-13)11-6-3-2-4-7-11;1-4(2)3/h2*2-10H,1H3;2-3H,1H3. The first-order valence-electron chi connectivity index (χ1n) is 10.0. The summed E-state index contributed by atoms with van der Waals surface area (Å²) in [5.74, 6) is 1.79. The number of benzene rings is 4. The molecule has 4 aromatic rings. The summed E-state index contributed by atoms with van der Waals surface area (Å²) in [7, 11) is 1.75. The highest BCUT2D eigenvalue weighted by molar-refractivity contribution is 7.44. The number of hydrogen-bond donors (Lipinski definition) is 2. The minimum absolute atomic E-state index is 0.895. The van der Waals surface area contributed by atoms with Crippen LogP contribution in [0.1, 0.15) is 0 Å². The zero-order valence-electron chi connectivity index (χ0n) is 18.6. The molecule has 0 aliphatic rings. The molecule has 4 nitrogen and oxygen atoms in total. The van der Waals surface area contributed by atoms with Crippen LogP contribution in [0.4, 0.5) is 0 Å². The molecule has 5 heteroatoms. The van der Waals surface area contributed by atoms with Crippen LogP contribution >= 0.6 is 8.38 Å². The van der Waals surface area contributed by atoms with Crippen LogP contribution in [0.15, 0.2) is 109 Å². The minimum atomic E-state index is -1.62. The van der Waals surface area contributed by atoms with Crippen molar-refractivity contribution in [2.24, 2.45) is 0 Å². The molecule has 0 radical (unpaired) electrons. The SMILES string of the molecule is COc1cccc(-c2ccccc2)c1.COc1cccc(-c2ccccc2)c1.CP(O)O. The van der Waals surface area contributed by atoms with E-state index in [2.05, 4.69) is 36.4 Å². The molecule has 0 heterocycles. The summed E-state index contributed by atoms with van der Waals surface area (Å²) in [6, 6.07) is 36.7. The summed E-state index contributed by atoms with van der Waals surface area (Å²) in [6.07, 6.45) is 0. The van der Waals surface area contributed by atoms with Gasteiger partial charge in [0.2, 0.25) is 0 Å². The molecule has 166 valence electrons. The van der Waals surface area contributed by atoms with E-state index in [0.717, 1.165) is 11.5 Å². The van der Waals surface area contributed by atoms with Crippen molar-refractivity contribution in [3.05, 3.63) is 109 Å². The second kappa shape index (κ2) is 14.0. The third-order valence-electron chi connectivity index (χ3n) is 4.35. The first-order chi connectivity index (χ1) is 15.5. The quantitative estimate of drug-likeness (QED) is 0.344. The third kappa shape index (κ3) is 8.91. The Hall–Kier alpha value is -3.17. The van der Waals surface area contributed by atoms with Crippen LogP contribution in [-0.4, -0.2) is 30.7 Å². The molecule has 0 saturated heterocycles. The lowest BCUT2D eigenvalue weighted by atomic mass is 10.1. The number of ether oxygens (including phenoxy) is 2. The predicted octanol–water partition coefficient (Wildman–Crippen LogP) is 6.64. The van der Waals surface area contributed by atoms with Gasteiger partial charge in [-0.3, -0.25) is 0 Å². The van der Waals surface area contributed by atoms with Gasteiger partial charge in [0.25, 0.3) is 0 Å². The average molecular weight is 448 g/mol. The zero-order chi connectivity index (χ0) is 23.2. The van der Waals surface area contributed by atoms with Crippen molar-refractivity contribution in [1.29, 1.82) is 0 Å². The molecule has 4 aromatic carbocycles. The molecule has 0 aliphatic carbocycles. The molecule has 0 bridgehead atoms. The van der Waals surface area contributed by atoms with Gasteiger partial charge in [-0.25, -0.2) is 0 Å². The van der Waals surface area contributed by atoms with Gasteiger partial charge >= 0.3 is 0 Å². The van der Waals surface area contributed by atoms with Crippen molar-refractivity contribution in [1.82, 2.24) is 0 Å². The second-order valence-electron chi connectivity index (χ2n) is 6.69. The Bertz CT molecular complexity index is 952. The number of rotatable bonds is 4. The van der Waals surface area contributed by atoms with Gasteiger partial charge in [-0.1, -0.05) is 84.9 Å². The first kappa shape index (κ1) is 25.1. The molecule has 0 aliphatic heterocycles. The van der Waals surface area contributed by atoms with Gasteiger partial charge < -0.3 is 19.3 Å². The first-order valence-corrected chi connectivity index (χ1v) is 11.7. The van der Waals surface area contributed by atoms with Crippen LogP contribution in [0.2, 0.25) is 0 Å². The Balaban J connectivity index is 0.000000195. The molecular weight excluding hydrogens is 419 g/mol. The van der Waals surface area contributed by atoms with Gasteiger partial charge in [0.1, 0.15) is 11.5 Å². The summed E-state index contributed by atoms with van der Waals surface area (Å²) in [5.41, 5.74) is 4.80. The lowest BCUT2D eigenvalue weighted by Gasteiger charge is -2.03. The topological polar surface area (TPSA) is 58.9 Å². The molecule has 0 aromatic heterocycles. The van der Waals surface area contributed by atoms with Gasteiger partial charge in [-0.05, 0) is 46.5 Å². The Kier molecular flexibility index (Phi) is 11.0. The van der Waals surface area contributed by atoms with Gasteiger partial charge in [0.15, 0.2) is 8.38 Å². The molecule has 2 N–H and O–H groups in total. The van der Waals surface area contributed by atoms with Crippen molar-refractivity contribution < 1.29 is 19.3 Å². The van der Waals surface area contributed by atoms with E-state index in [4.69, 9.17) is 19.3 Å². The maximum Gasteiger partial charge on any atom is 0.161 e. The minimum Gasteiger partial charge on any atom is -0.497 e. The summed E-state index contributed by atoms with van der Waals surface area (Å²) >= 11 is 0. The molecule has 4 rings (SSSR count). The van der Waals surface area contributed by atoms with Crippen molar-refractivity contribution in [2.45, 2.75) is 0 Å². The Morgan fingerprint density at radius 3 is 1.12 bits per heavy atom. The molecule has 0 atom stereocenters. The van der Waals surface area contributed by atoms with E-state index in [0.29, 0.717) is 0 Å². The normalized spacial score (nSPS) is 9.69. The van der Waals surface area contributed by atoms with E-state index in [9.17, 15) is 0 Å². The monoisotopic (exact) mass is 448 g/mol. The van der Waals surface area contributed by atoms with Gasteiger partial charge in [0.05, 0.1) is 14.2 Å². The molecule has 0 spiro atoms. The fourth-order valence-electron chi connectivity index (χ4n) is 2.87. The second-order valence-corrected chi connectivity index (χ2v) is 7.66. The van der Waals surface area contributed by atoms with Crippen LogP contribution in [0.25, 0.3) is 22.3 Å². The van der Waals surface area contributed by atoms with Gasteiger partial charge in [0, 0.05) is 6.66 Å². The maximum absolute atomic E-state index is 7.68. The van der Waals surface area contributed by atoms with E-state index in [-0.39, 0.29) is 0 Å². The lowest BCUT2D eigenvalue weighted by Crippen LogP contribution is -1.83. The van der Waals surface area contributed by atoms with E-state index in [1.807, 2.05) is 72.8 Å². The molecule has 32 heavy (non-hydrogen) atoms. The Labute approximate surface area is 191 Å². The predicted molar refractivity (Wildman–Crippen MR) is 134 cm³/mol. The van der Waals surface area contributed by atoms with Crippen LogP contribution in [0.5, 0.6) is 11.5 Å². The summed E-state index contributed by atoms with van der Waals surface area (Å²) < 4.78 is 10.4. The lowest BCUT2D eigenvalue weighted by molar-refractivity contribution is 0.415. The number of methoxy groups -OCH3 is 2. The maximum atomic E-state index is 7.68. The van der Waals surface area contributed by atoms with E-state index in [1.54, 1.807) is 14.2 Å². The molecular formula is C27H29O4P. The molecule has 0 unspecified atom stereocenters. The third-order valence-corrected chi connectivity index (χ3v) is 4.35. The van der Waals surface area contributed by atoms with Crippen LogP contribution in [0, 0.1) is 0 Å². The molecule has 0 saturated carbocycles. The van der Waals surface area contributed by atoms with Crippen molar-refractivity contribution in [2.75, 3.05) is 20.9 Å². The Morgan fingerprint density at radius 2 is 0.812 bits per heavy atom.